The van der Waals surface area contributed by atoms with E-state index < -0.39 is 0 Å². The number of fused-ring (bicyclic) bond motifs is 1. The van der Waals surface area contributed by atoms with E-state index in [0.717, 1.165) is 17.0 Å². The minimum absolute atomic E-state index is 0.284. The zero-order chi connectivity index (χ0) is 20.8. The monoisotopic (exact) mass is 399 g/mol. The summed E-state index contributed by atoms with van der Waals surface area (Å²) in [7, 11) is 3.19. The van der Waals surface area contributed by atoms with Crippen molar-refractivity contribution < 1.29 is 18.9 Å². The summed E-state index contributed by atoms with van der Waals surface area (Å²) >= 11 is 0. The number of benzene rings is 1. The van der Waals surface area contributed by atoms with Crippen LogP contribution in [0.15, 0.2) is 29.1 Å². The zero-order valence-corrected chi connectivity index (χ0v) is 17.1. The van der Waals surface area contributed by atoms with Crippen LogP contribution in [0.2, 0.25) is 0 Å². The highest BCUT2D eigenvalue weighted by molar-refractivity contribution is 5.87. The predicted octanol–water partition coefficient (Wildman–Crippen LogP) is 2.65. The van der Waals surface area contributed by atoms with Crippen molar-refractivity contribution in [1.29, 1.82) is 0 Å². The lowest BCUT2D eigenvalue weighted by molar-refractivity contribution is 0.143. The van der Waals surface area contributed by atoms with E-state index in [9.17, 15) is 4.79 Å². The summed E-state index contributed by atoms with van der Waals surface area (Å²) in [4.78, 5) is 24.8. The van der Waals surface area contributed by atoms with Crippen molar-refractivity contribution in [3.63, 3.8) is 0 Å². The molecule has 3 aromatic rings. The number of aromatic amines is 1. The Morgan fingerprint density at radius 3 is 2.17 bits per heavy atom. The predicted molar refractivity (Wildman–Crippen MR) is 110 cm³/mol. The van der Waals surface area contributed by atoms with Crippen LogP contribution in [0.5, 0.6) is 11.5 Å². The molecule has 0 fully saturated rings. The van der Waals surface area contributed by atoms with Crippen molar-refractivity contribution in [1.82, 2.24) is 15.0 Å². The summed E-state index contributed by atoms with van der Waals surface area (Å²) in [5.41, 5.74) is 2.69. The second-order valence-corrected chi connectivity index (χ2v) is 6.55. The van der Waals surface area contributed by atoms with E-state index >= 15 is 0 Å². The van der Waals surface area contributed by atoms with Crippen molar-refractivity contribution >= 4 is 10.9 Å². The molecule has 0 aliphatic heterocycles. The lowest BCUT2D eigenvalue weighted by atomic mass is 10.1. The van der Waals surface area contributed by atoms with Crippen LogP contribution in [0.1, 0.15) is 11.4 Å². The van der Waals surface area contributed by atoms with E-state index in [4.69, 9.17) is 18.9 Å². The maximum Gasteiger partial charge on any atom is 0.262 e. The Labute approximate surface area is 168 Å². The number of nitrogens with zero attached hydrogens (tertiary/aromatic N) is 2. The Morgan fingerprint density at radius 1 is 0.862 bits per heavy atom. The molecular formula is C21H25N3O5. The molecule has 3 rings (SSSR count). The largest absolute Gasteiger partial charge is 0.491 e. The number of H-pyrrole nitrogens is 1. The number of methoxy groups -OCH3 is 2. The highest BCUT2D eigenvalue weighted by atomic mass is 16.5. The molecular weight excluding hydrogens is 374 g/mol. The van der Waals surface area contributed by atoms with E-state index in [2.05, 4.69) is 15.0 Å². The molecule has 0 saturated carbocycles. The molecule has 8 heteroatoms. The van der Waals surface area contributed by atoms with E-state index in [-0.39, 0.29) is 5.56 Å². The standard InChI is InChI=1S/C21H25N3O5/c1-13-9-15(10-14(2)22-13)20-23-17-11-16(28-7-5-26-3)12-18(29-8-6-27-4)19(17)21(25)24-20/h9-12H,5-8H2,1-4H3,(H,23,24,25). The molecule has 2 aromatic heterocycles. The third kappa shape index (κ3) is 5.10. The number of ether oxygens (including phenoxy) is 4. The topological polar surface area (TPSA) is 95.6 Å². The van der Waals surface area contributed by atoms with Crippen LogP contribution in [0.3, 0.4) is 0 Å². The number of rotatable bonds is 9. The molecule has 0 aliphatic carbocycles. The van der Waals surface area contributed by atoms with Gasteiger partial charge in [-0.2, -0.15) is 0 Å². The van der Waals surface area contributed by atoms with Crippen molar-refractivity contribution in [2.75, 3.05) is 40.6 Å². The fourth-order valence-electron chi connectivity index (χ4n) is 2.99. The lowest BCUT2D eigenvalue weighted by Crippen LogP contribution is -2.13. The summed E-state index contributed by atoms with van der Waals surface area (Å²) in [5, 5.41) is 0.367. The Morgan fingerprint density at radius 2 is 1.52 bits per heavy atom. The maximum atomic E-state index is 12.9. The molecule has 29 heavy (non-hydrogen) atoms. The normalized spacial score (nSPS) is 11.0. The van der Waals surface area contributed by atoms with Gasteiger partial charge >= 0.3 is 0 Å². The fourth-order valence-corrected chi connectivity index (χ4v) is 2.99. The van der Waals surface area contributed by atoms with Crippen molar-refractivity contribution in [2.24, 2.45) is 0 Å². The van der Waals surface area contributed by atoms with Crippen LogP contribution >= 0.6 is 0 Å². The van der Waals surface area contributed by atoms with E-state index in [1.807, 2.05) is 26.0 Å². The molecule has 2 heterocycles. The summed E-state index contributed by atoms with van der Waals surface area (Å²) < 4.78 is 21.6. The average molecular weight is 399 g/mol. The van der Waals surface area contributed by atoms with Gasteiger partial charge in [0.1, 0.15) is 35.9 Å². The molecule has 0 aliphatic rings. The fraction of sp³-hybridized carbons (Fsp3) is 0.381. The second-order valence-electron chi connectivity index (χ2n) is 6.55. The SMILES string of the molecule is COCCOc1cc(OCCOC)c2c(=O)[nH]c(-c3cc(C)nc(C)c3)nc2c1. The molecule has 8 nitrogen and oxygen atoms in total. The average Bonchev–Trinajstić information content (AvgIpc) is 2.67. The Kier molecular flexibility index (Phi) is 6.79. The van der Waals surface area contributed by atoms with Crippen molar-refractivity contribution in [3.05, 3.63) is 46.0 Å². The van der Waals surface area contributed by atoms with Gasteiger partial charge in [-0.15, -0.1) is 0 Å². The maximum absolute atomic E-state index is 12.9. The van der Waals surface area contributed by atoms with Crippen LogP contribution in [0, 0.1) is 13.8 Å². The number of aromatic nitrogens is 3. The van der Waals surface area contributed by atoms with Gasteiger partial charge < -0.3 is 23.9 Å². The van der Waals surface area contributed by atoms with E-state index in [0.29, 0.717) is 54.7 Å². The van der Waals surface area contributed by atoms with Crippen LogP contribution in [0.25, 0.3) is 22.3 Å². The number of hydrogen-bond acceptors (Lipinski definition) is 7. The number of hydrogen-bond donors (Lipinski definition) is 1. The molecule has 0 unspecified atom stereocenters. The first-order valence-electron chi connectivity index (χ1n) is 9.29. The van der Waals surface area contributed by atoms with Gasteiger partial charge in [-0.1, -0.05) is 0 Å². The first-order chi connectivity index (χ1) is 14.0. The Bertz CT molecular complexity index is 1030. The molecule has 0 amide bonds. The first-order valence-corrected chi connectivity index (χ1v) is 9.29. The van der Waals surface area contributed by atoms with Gasteiger partial charge in [-0.25, -0.2) is 4.98 Å². The van der Waals surface area contributed by atoms with Gasteiger partial charge in [-0.05, 0) is 26.0 Å². The highest BCUT2D eigenvalue weighted by Gasteiger charge is 2.14. The molecule has 0 radical (unpaired) electrons. The summed E-state index contributed by atoms with van der Waals surface area (Å²) in [6.45, 7) is 5.32. The van der Waals surface area contributed by atoms with Gasteiger partial charge in [0.05, 0.1) is 18.7 Å². The summed E-state index contributed by atoms with van der Waals surface area (Å²) in [6, 6.07) is 7.18. The molecule has 154 valence electrons. The first kappa shape index (κ1) is 20.8. The Hall–Kier alpha value is -2.97. The van der Waals surface area contributed by atoms with Crippen LogP contribution in [0.4, 0.5) is 0 Å². The number of nitrogens with one attached hydrogen (secondary N) is 1. The summed E-state index contributed by atoms with van der Waals surface area (Å²) in [5.74, 6) is 1.41. The smallest absolute Gasteiger partial charge is 0.262 e. The van der Waals surface area contributed by atoms with E-state index in [1.165, 1.54) is 0 Å². The van der Waals surface area contributed by atoms with Gasteiger partial charge in [0, 0.05) is 43.3 Å². The Balaban J connectivity index is 2.10. The van der Waals surface area contributed by atoms with Gasteiger partial charge in [0.25, 0.3) is 5.56 Å². The van der Waals surface area contributed by atoms with Gasteiger partial charge in [0.15, 0.2) is 0 Å². The van der Waals surface area contributed by atoms with Crippen LogP contribution < -0.4 is 15.0 Å². The molecule has 0 bridgehead atoms. The molecule has 0 saturated heterocycles. The molecule has 1 aromatic carbocycles. The molecule has 1 N–H and O–H groups in total. The lowest BCUT2D eigenvalue weighted by Gasteiger charge is -2.13. The third-order valence-corrected chi connectivity index (χ3v) is 4.20. The number of pyridine rings is 1. The van der Waals surface area contributed by atoms with Crippen LogP contribution in [-0.2, 0) is 9.47 Å². The molecule has 0 atom stereocenters. The third-order valence-electron chi connectivity index (χ3n) is 4.20. The van der Waals surface area contributed by atoms with E-state index in [1.54, 1.807) is 26.4 Å². The quantitative estimate of drug-likeness (QED) is 0.553. The van der Waals surface area contributed by atoms with Crippen molar-refractivity contribution in [2.45, 2.75) is 13.8 Å². The minimum atomic E-state index is -0.284. The van der Waals surface area contributed by atoms with Gasteiger partial charge in [-0.3, -0.25) is 9.78 Å². The summed E-state index contributed by atoms with van der Waals surface area (Å²) in [6.07, 6.45) is 0. The van der Waals surface area contributed by atoms with Crippen LogP contribution in [-0.4, -0.2) is 55.6 Å². The highest BCUT2D eigenvalue weighted by Crippen LogP contribution is 2.29. The minimum Gasteiger partial charge on any atom is -0.491 e. The second kappa shape index (κ2) is 9.49. The molecule has 0 spiro atoms. The zero-order valence-electron chi connectivity index (χ0n) is 17.1. The van der Waals surface area contributed by atoms with Gasteiger partial charge in [0.2, 0.25) is 0 Å². The van der Waals surface area contributed by atoms with Crippen molar-refractivity contribution in [3.8, 4) is 22.9 Å². The number of aryl methyl sites for hydroxylation is 2.